The molecule has 2 N–H and O–H groups in total. The molecule has 2 aromatic heterocycles. The molecule has 0 fully saturated rings. The Morgan fingerprint density at radius 2 is 2.19 bits per heavy atom. The predicted octanol–water partition coefficient (Wildman–Crippen LogP) is 1.52. The maximum atomic E-state index is 9.68. The van der Waals surface area contributed by atoms with Crippen molar-refractivity contribution in [3.05, 3.63) is 36.2 Å². The Hall–Kier alpha value is -2.05. The number of pyridine rings is 1. The lowest BCUT2D eigenvalue weighted by Crippen LogP contribution is -2.24. The SMILES string of the molecule is CCc1cc(NC[C@@H](O)COC)nc(-c2ccccn2)n1. The van der Waals surface area contributed by atoms with Crippen LogP contribution in [0.15, 0.2) is 30.5 Å². The lowest BCUT2D eigenvalue weighted by atomic mass is 10.2. The van der Waals surface area contributed by atoms with E-state index in [1.54, 1.807) is 13.3 Å². The van der Waals surface area contributed by atoms with E-state index in [0.29, 0.717) is 18.2 Å². The van der Waals surface area contributed by atoms with Gasteiger partial charge in [-0.2, -0.15) is 0 Å². The van der Waals surface area contributed by atoms with E-state index in [1.807, 2.05) is 31.2 Å². The van der Waals surface area contributed by atoms with Crippen LogP contribution in [0.2, 0.25) is 0 Å². The van der Waals surface area contributed by atoms with Gasteiger partial charge in [0.2, 0.25) is 0 Å². The molecule has 2 aromatic rings. The van der Waals surface area contributed by atoms with E-state index in [2.05, 4.69) is 20.3 Å². The van der Waals surface area contributed by atoms with Crippen LogP contribution >= 0.6 is 0 Å². The number of aromatic nitrogens is 3. The third kappa shape index (κ3) is 4.47. The predicted molar refractivity (Wildman–Crippen MR) is 81.0 cm³/mol. The van der Waals surface area contributed by atoms with E-state index < -0.39 is 6.10 Å². The van der Waals surface area contributed by atoms with Gasteiger partial charge in [-0.15, -0.1) is 0 Å². The number of hydrogen-bond donors (Lipinski definition) is 2. The first-order valence-electron chi connectivity index (χ1n) is 6.93. The average molecular weight is 288 g/mol. The molecule has 0 saturated carbocycles. The van der Waals surface area contributed by atoms with Crippen LogP contribution in [0.5, 0.6) is 0 Å². The van der Waals surface area contributed by atoms with Crippen molar-refractivity contribution in [1.82, 2.24) is 15.0 Å². The van der Waals surface area contributed by atoms with E-state index in [1.165, 1.54) is 0 Å². The van der Waals surface area contributed by atoms with Crippen molar-refractivity contribution in [3.8, 4) is 11.5 Å². The third-order valence-corrected chi connectivity index (χ3v) is 2.91. The Labute approximate surface area is 124 Å². The summed E-state index contributed by atoms with van der Waals surface area (Å²) in [6, 6.07) is 7.51. The molecular formula is C15H20N4O2. The number of aliphatic hydroxyl groups is 1. The standard InChI is InChI=1S/C15H20N4O2/c1-3-11-8-14(17-9-12(20)10-21-2)19-15(18-11)13-6-4-5-7-16-13/h4-8,12,20H,3,9-10H2,1-2H3,(H,17,18,19)/t12-/m1/s1. The summed E-state index contributed by atoms with van der Waals surface area (Å²) >= 11 is 0. The van der Waals surface area contributed by atoms with Gasteiger partial charge in [-0.3, -0.25) is 4.98 Å². The van der Waals surface area contributed by atoms with Crippen LogP contribution in [0.1, 0.15) is 12.6 Å². The summed E-state index contributed by atoms with van der Waals surface area (Å²) in [5.74, 6) is 1.26. The monoisotopic (exact) mass is 288 g/mol. The van der Waals surface area contributed by atoms with Crippen molar-refractivity contribution in [3.63, 3.8) is 0 Å². The first-order valence-corrected chi connectivity index (χ1v) is 6.93. The van der Waals surface area contributed by atoms with Crippen molar-refractivity contribution in [2.45, 2.75) is 19.4 Å². The normalized spacial score (nSPS) is 12.1. The van der Waals surface area contributed by atoms with Crippen LogP contribution in [0, 0.1) is 0 Å². The Bertz CT molecular complexity index is 563. The number of anilines is 1. The zero-order valence-corrected chi connectivity index (χ0v) is 12.3. The second kappa shape index (κ2) is 7.66. The van der Waals surface area contributed by atoms with Crippen molar-refractivity contribution < 1.29 is 9.84 Å². The molecule has 0 aliphatic carbocycles. The van der Waals surface area contributed by atoms with Crippen molar-refractivity contribution in [2.75, 3.05) is 25.6 Å². The molecule has 6 nitrogen and oxygen atoms in total. The van der Waals surface area contributed by atoms with Crippen molar-refractivity contribution in [2.24, 2.45) is 0 Å². The number of aliphatic hydroxyl groups excluding tert-OH is 1. The number of rotatable bonds is 7. The highest BCUT2D eigenvalue weighted by Crippen LogP contribution is 2.16. The highest BCUT2D eigenvalue weighted by molar-refractivity contribution is 5.52. The average Bonchev–Trinajstić information content (AvgIpc) is 2.54. The molecular weight excluding hydrogens is 268 g/mol. The summed E-state index contributed by atoms with van der Waals surface area (Å²) in [6.07, 6.45) is 1.94. The molecule has 0 bridgehead atoms. The second-order valence-electron chi connectivity index (χ2n) is 4.63. The topological polar surface area (TPSA) is 80.2 Å². The fourth-order valence-electron chi connectivity index (χ4n) is 1.85. The molecule has 0 aromatic carbocycles. The number of methoxy groups -OCH3 is 1. The molecule has 0 amide bonds. The molecule has 2 heterocycles. The summed E-state index contributed by atoms with van der Waals surface area (Å²) in [6.45, 7) is 2.69. The molecule has 0 aliphatic heterocycles. The molecule has 112 valence electrons. The summed E-state index contributed by atoms with van der Waals surface area (Å²) in [5, 5.41) is 12.8. The van der Waals surface area contributed by atoms with Gasteiger partial charge in [-0.25, -0.2) is 9.97 Å². The van der Waals surface area contributed by atoms with E-state index in [0.717, 1.165) is 17.8 Å². The fraction of sp³-hybridized carbons (Fsp3) is 0.400. The minimum Gasteiger partial charge on any atom is -0.389 e. The van der Waals surface area contributed by atoms with E-state index >= 15 is 0 Å². The minimum absolute atomic E-state index is 0.284. The van der Waals surface area contributed by atoms with E-state index in [4.69, 9.17) is 4.74 Å². The quantitative estimate of drug-likeness (QED) is 0.804. The van der Waals surface area contributed by atoms with Crippen LogP contribution in [0.3, 0.4) is 0 Å². The number of nitrogens with one attached hydrogen (secondary N) is 1. The highest BCUT2D eigenvalue weighted by atomic mass is 16.5. The van der Waals surface area contributed by atoms with Crippen molar-refractivity contribution >= 4 is 5.82 Å². The molecule has 2 rings (SSSR count). The van der Waals surface area contributed by atoms with Gasteiger partial charge in [0.15, 0.2) is 5.82 Å². The van der Waals surface area contributed by atoms with Gasteiger partial charge in [0.25, 0.3) is 0 Å². The summed E-state index contributed by atoms with van der Waals surface area (Å²) in [4.78, 5) is 13.2. The molecule has 21 heavy (non-hydrogen) atoms. The van der Waals surface area contributed by atoms with Gasteiger partial charge in [0, 0.05) is 31.6 Å². The summed E-state index contributed by atoms with van der Waals surface area (Å²) < 4.78 is 4.90. The van der Waals surface area contributed by atoms with Crippen molar-refractivity contribution in [1.29, 1.82) is 0 Å². The first-order chi connectivity index (χ1) is 10.2. The molecule has 0 spiro atoms. The zero-order valence-electron chi connectivity index (χ0n) is 12.3. The third-order valence-electron chi connectivity index (χ3n) is 2.91. The van der Waals surface area contributed by atoms with Crippen LogP contribution in [-0.4, -0.2) is 46.4 Å². The smallest absolute Gasteiger partial charge is 0.180 e. The number of aryl methyl sites for hydroxylation is 1. The van der Waals surface area contributed by atoms with Gasteiger partial charge in [0.1, 0.15) is 11.5 Å². The zero-order chi connectivity index (χ0) is 15.1. The number of nitrogens with zero attached hydrogens (tertiary/aromatic N) is 3. The molecule has 0 aliphatic rings. The van der Waals surface area contributed by atoms with Gasteiger partial charge < -0.3 is 15.2 Å². The Balaban J connectivity index is 2.18. The van der Waals surface area contributed by atoms with E-state index in [-0.39, 0.29) is 6.61 Å². The molecule has 0 saturated heterocycles. The van der Waals surface area contributed by atoms with Crippen LogP contribution < -0.4 is 5.32 Å². The Morgan fingerprint density at radius 1 is 1.33 bits per heavy atom. The lowest BCUT2D eigenvalue weighted by molar-refractivity contribution is 0.0727. The van der Waals surface area contributed by atoms with Crippen LogP contribution in [0.4, 0.5) is 5.82 Å². The van der Waals surface area contributed by atoms with Gasteiger partial charge in [-0.05, 0) is 18.6 Å². The lowest BCUT2D eigenvalue weighted by Gasteiger charge is -2.12. The maximum Gasteiger partial charge on any atom is 0.180 e. The summed E-state index contributed by atoms with van der Waals surface area (Å²) in [5.41, 5.74) is 1.66. The van der Waals surface area contributed by atoms with Gasteiger partial charge in [0.05, 0.1) is 12.7 Å². The second-order valence-corrected chi connectivity index (χ2v) is 4.63. The largest absolute Gasteiger partial charge is 0.389 e. The van der Waals surface area contributed by atoms with Gasteiger partial charge in [-0.1, -0.05) is 13.0 Å². The van der Waals surface area contributed by atoms with Crippen LogP contribution in [-0.2, 0) is 11.2 Å². The number of hydrogen-bond acceptors (Lipinski definition) is 6. The molecule has 1 atom stereocenters. The van der Waals surface area contributed by atoms with Gasteiger partial charge >= 0.3 is 0 Å². The number of ether oxygens (including phenoxy) is 1. The molecule has 6 heteroatoms. The Morgan fingerprint density at radius 3 is 2.86 bits per heavy atom. The van der Waals surface area contributed by atoms with E-state index in [9.17, 15) is 5.11 Å². The Kier molecular flexibility index (Phi) is 5.59. The molecule has 0 unspecified atom stereocenters. The first kappa shape index (κ1) is 15.3. The minimum atomic E-state index is -0.576. The highest BCUT2D eigenvalue weighted by Gasteiger charge is 2.08. The fourth-order valence-corrected chi connectivity index (χ4v) is 1.85. The maximum absolute atomic E-state index is 9.68. The van der Waals surface area contributed by atoms with Crippen LogP contribution in [0.25, 0.3) is 11.5 Å². The summed E-state index contributed by atoms with van der Waals surface area (Å²) in [7, 11) is 1.56. The molecule has 0 radical (unpaired) electrons.